The van der Waals surface area contributed by atoms with Gasteiger partial charge in [0.1, 0.15) is 0 Å². The van der Waals surface area contributed by atoms with Gasteiger partial charge in [-0.1, -0.05) is 31.5 Å². The van der Waals surface area contributed by atoms with Gasteiger partial charge >= 0.3 is 0 Å². The molecule has 2 unspecified atom stereocenters. The zero-order valence-electron chi connectivity index (χ0n) is 13.4. The van der Waals surface area contributed by atoms with Crippen LogP contribution in [0.3, 0.4) is 0 Å². The van der Waals surface area contributed by atoms with E-state index < -0.39 is 0 Å². The largest absolute Gasteiger partial charge is 0.330 e. The van der Waals surface area contributed by atoms with Crippen molar-refractivity contribution in [1.29, 1.82) is 0 Å². The lowest BCUT2D eigenvalue weighted by atomic mass is 9.86. The van der Waals surface area contributed by atoms with Crippen LogP contribution in [0.25, 0.3) is 0 Å². The molecular formula is C18H30N2. The second-order valence-corrected chi connectivity index (χ2v) is 6.26. The highest BCUT2D eigenvalue weighted by atomic mass is 15.2. The molecule has 0 amide bonds. The number of hydrogen-bond donors (Lipinski definition) is 1. The van der Waals surface area contributed by atoms with Crippen molar-refractivity contribution in [3.05, 3.63) is 34.9 Å². The van der Waals surface area contributed by atoms with Gasteiger partial charge in [-0.3, -0.25) is 4.90 Å². The maximum Gasteiger partial charge on any atom is 0.0391 e. The molecule has 0 saturated carbocycles. The van der Waals surface area contributed by atoms with E-state index in [1.54, 1.807) is 0 Å². The number of nitrogens with zero attached hydrogens (tertiary/aromatic N) is 1. The molecule has 0 bridgehead atoms. The Morgan fingerprint density at radius 2 is 2.05 bits per heavy atom. The highest BCUT2D eigenvalue weighted by Crippen LogP contribution is 2.36. The van der Waals surface area contributed by atoms with Gasteiger partial charge < -0.3 is 5.73 Å². The molecule has 0 radical (unpaired) electrons. The topological polar surface area (TPSA) is 29.3 Å². The molecule has 2 N–H and O–H groups in total. The lowest BCUT2D eigenvalue weighted by Gasteiger charge is -2.36. The van der Waals surface area contributed by atoms with E-state index in [0.29, 0.717) is 12.0 Å². The Morgan fingerprint density at radius 3 is 2.75 bits per heavy atom. The van der Waals surface area contributed by atoms with Crippen molar-refractivity contribution in [3.63, 3.8) is 0 Å². The number of nitrogens with two attached hydrogens (primary N) is 1. The highest BCUT2D eigenvalue weighted by molar-refractivity contribution is 5.36. The Hall–Kier alpha value is -0.860. The molecular weight excluding hydrogens is 244 g/mol. The molecule has 0 spiro atoms. The van der Waals surface area contributed by atoms with Gasteiger partial charge in [-0.2, -0.15) is 0 Å². The van der Waals surface area contributed by atoms with Crippen LogP contribution >= 0.6 is 0 Å². The molecule has 2 atom stereocenters. The minimum Gasteiger partial charge on any atom is -0.330 e. The first kappa shape index (κ1) is 15.5. The third kappa shape index (κ3) is 3.24. The van der Waals surface area contributed by atoms with Crippen molar-refractivity contribution in [2.45, 2.75) is 52.5 Å². The van der Waals surface area contributed by atoms with E-state index in [1.807, 2.05) is 0 Å². The first-order chi connectivity index (χ1) is 9.69. The third-order valence-corrected chi connectivity index (χ3v) is 4.89. The summed E-state index contributed by atoms with van der Waals surface area (Å²) in [4.78, 5) is 2.69. The molecule has 20 heavy (non-hydrogen) atoms. The Labute approximate surface area is 124 Å². The molecule has 1 aromatic rings. The van der Waals surface area contributed by atoms with E-state index in [-0.39, 0.29) is 0 Å². The van der Waals surface area contributed by atoms with Gasteiger partial charge in [0.15, 0.2) is 0 Å². The average Bonchev–Trinajstić information content (AvgIpc) is 2.65. The van der Waals surface area contributed by atoms with Crippen LogP contribution in [0.15, 0.2) is 18.2 Å². The normalized spacial score (nSPS) is 24.6. The van der Waals surface area contributed by atoms with Gasteiger partial charge in [-0.25, -0.2) is 0 Å². The molecule has 1 fully saturated rings. The second kappa shape index (κ2) is 7.24. The van der Waals surface area contributed by atoms with Crippen LogP contribution in [0.1, 0.15) is 55.3 Å². The van der Waals surface area contributed by atoms with Crippen molar-refractivity contribution in [1.82, 2.24) is 4.90 Å². The van der Waals surface area contributed by atoms with Gasteiger partial charge in [-0.05, 0) is 75.4 Å². The monoisotopic (exact) mass is 274 g/mol. The zero-order valence-corrected chi connectivity index (χ0v) is 13.4. The van der Waals surface area contributed by atoms with Crippen molar-refractivity contribution in [2.24, 2.45) is 11.7 Å². The minimum absolute atomic E-state index is 0.516. The molecule has 1 aromatic carbocycles. The molecule has 0 aromatic heterocycles. The van der Waals surface area contributed by atoms with Gasteiger partial charge in [0.25, 0.3) is 0 Å². The highest BCUT2D eigenvalue weighted by Gasteiger charge is 2.30. The number of benzene rings is 1. The van der Waals surface area contributed by atoms with Crippen LogP contribution < -0.4 is 5.73 Å². The van der Waals surface area contributed by atoms with Crippen molar-refractivity contribution < 1.29 is 0 Å². The van der Waals surface area contributed by atoms with Crippen LogP contribution in [0, 0.1) is 19.8 Å². The summed E-state index contributed by atoms with van der Waals surface area (Å²) in [5.74, 6) is 0.601. The molecule has 1 heterocycles. The van der Waals surface area contributed by atoms with E-state index in [2.05, 4.69) is 43.9 Å². The van der Waals surface area contributed by atoms with E-state index >= 15 is 0 Å². The zero-order chi connectivity index (χ0) is 14.5. The van der Waals surface area contributed by atoms with E-state index in [9.17, 15) is 0 Å². The predicted molar refractivity (Wildman–Crippen MR) is 86.9 cm³/mol. The summed E-state index contributed by atoms with van der Waals surface area (Å²) >= 11 is 0. The number of likely N-dealkylation sites (tertiary alicyclic amines) is 1. The number of rotatable bonds is 4. The molecule has 112 valence electrons. The van der Waals surface area contributed by atoms with E-state index in [1.165, 1.54) is 55.5 Å². The van der Waals surface area contributed by atoms with Gasteiger partial charge in [0.05, 0.1) is 0 Å². The number of hydrogen-bond acceptors (Lipinski definition) is 2. The fraction of sp³-hybridized carbons (Fsp3) is 0.667. The van der Waals surface area contributed by atoms with Crippen LogP contribution in [0.5, 0.6) is 0 Å². The molecule has 2 nitrogen and oxygen atoms in total. The summed E-state index contributed by atoms with van der Waals surface area (Å²) in [5, 5.41) is 0. The lowest BCUT2D eigenvalue weighted by Crippen LogP contribution is -2.36. The minimum atomic E-state index is 0.516. The van der Waals surface area contributed by atoms with Gasteiger partial charge in [-0.15, -0.1) is 0 Å². The van der Waals surface area contributed by atoms with Crippen molar-refractivity contribution in [3.8, 4) is 0 Å². The summed E-state index contributed by atoms with van der Waals surface area (Å²) in [7, 11) is 0. The summed E-state index contributed by atoms with van der Waals surface area (Å²) < 4.78 is 0. The average molecular weight is 274 g/mol. The Kier molecular flexibility index (Phi) is 5.62. The molecule has 1 aliphatic heterocycles. The van der Waals surface area contributed by atoms with Gasteiger partial charge in [0.2, 0.25) is 0 Å². The third-order valence-electron chi connectivity index (χ3n) is 4.89. The fourth-order valence-corrected chi connectivity index (χ4v) is 3.65. The van der Waals surface area contributed by atoms with E-state index in [0.717, 1.165) is 6.54 Å². The lowest BCUT2D eigenvalue weighted by molar-refractivity contribution is 0.158. The Morgan fingerprint density at radius 1 is 1.25 bits per heavy atom. The predicted octanol–water partition coefficient (Wildman–Crippen LogP) is 3.82. The van der Waals surface area contributed by atoms with Crippen molar-refractivity contribution in [2.75, 3.05) is 19.6 Å². The van der Waals surface area contributed by atoms with Gasteiger partial charge in [0, 0.05) is 6.04 Å². The maximum absolute atomic E-state index is 6.12. The van der Waals surface area contributed by atoms with E-state index in [4.69, 9.17) is 5.73 Å². The molecule has 0 aliphatic carbocycles. The summed E-state index contributed by atoms with van der Waals surface area (Å²) in [6, 6.07) is 7.27. The summed E-state index contributed by atoms with van der Waals surface area (Å²) in [6.45, 7) is 9.99. The Bertz CT molecular complexity index is 427. The van der Waals surface area contributed by atoms with Crippen LogP contribution in [-0.4, -0.2) is 24.5 Å². The second-order valence-electron chi connectivity index (χ2n) is 6.26. The quantitative estimate of drug-likeness (QED) is 0.904. The van der Waals surface area contributed by atoms with Crippen molar-refractivity contribution >= 4 is 0 Å². The molecule has 1 aliphatic rings. The standard InChI is InChI=1S/C18H30N2/c1-4-11-20-12-6-5-9-16(13-19)18(20)17-10-7-8-14(2)15(17)3/h7-8,10,16,18H,4-6,9,11-13,19H2,1-3H3. The fourth-order valence-electron chi connectivity index (χ4n) is 3.65. The van der Waals surface area contributed by atoms with Crippen LogP contribution in [-0.2, 0) is 0 Å². The van der Waals surface area contributed by atoms with Crippen LogP contribution in [0.2, 0.25) is 0 Å². The van der Waals surface area contributed by atoms with Crippen LogP contribution in [0.4, 0.5) is 0 Å². The first-order valence-corrected chi connectivity index (χ1v) is 8.19. The Balaban J connectivity index is 2.40. The number of aryl methyl sites for hydroxylation is 1. The summed E-state index contributed by atoms with van der Waals surface area (Å²) in [5.41, 5.74) is 10.5. The molecule has 2 rings (SSSR count). The molecule has 2 heteroatoms. The molecule has 1 saturated heterocycles. The SMILES string of the molecule is CCCN1CCCCC(CN)C1c1cccc(C)c1C. The summed E-state index contributed by atoms with van der Waals surface area (Å²) in [6.07, 6.45) is 5.13. The first-order valence-electron chi connectivity index (χ1n) is 8.19. The smallest absolute Gasteiger partial charge is 0.0391 e. The maximum atomic E-state index is 6.12.